The Hall–Kier alpha value is -2.37. The Kier molecular flexibility index (Phi) is 6.63. The van der Waals surface area contributed by atoms with Gasteiger partial charge in [0.05, 0.1) is 18.5 Å². The maximum Gasteiger partial charge on any atom is 0.203 e. The van der Waals surface area contributed by atoms with Gasteiger partial charge in [-0.25, -0.2) is 4.98 Å². The molecule has 0 saturated heterocycles. The van der Waals surface area contributed by atoms with Crippen molar-refractivity contribution in [3.05, 3.63) is 64.5 Å². The van der Waals surface area contributed by atoms with Crippen molar-refractivity contribution in [2.45, 2.75) is 19.8 Å². The van der Waals surface area contributed by atoms with Gasteiger partial charge in [0, 0.05) is 16.0 Å². The van der Waals surface area contributed by atoms with E-state index >= 15 is 0 Å². The standard InChI is InChI=1S/C20H20ClN3OS/c1-2-3-11-25-18-6-4-5-15(12-18)13-22-24-20-23-19(14-26-20)16-7-9-17(21)10-8-16/h4-10,12-14H,2-3,11H2,1H3,(H,23,24)/b22-13-. The topological polar surface area (TPSA) is 46.5 Å². The van der Waals surface area contributed by atoms with Crippen LogP contribution in [0.4, 0.5) is 5.13 Å². The van der Waals surface area contributed by atoms with Gasteiger partial charge in [-0.1, -0.05) is 49.2 Å². The molecule has 0 fully saturated rings. The summed E-state index contributed by atoms with van der Waals surface area (Å²) in [7, 11) is 0. The minimum Gasteiger partial charge on any atom is -0.494 e. The highest BCUT2D eigenvalue weighted by molar-refractivity contribution is 7.14. The van der Waals surface area contributed by atoms with Crippen molar-refractivity contribution in [1.82, 2.24) is 4.98 Å². The van der Waals surface area contributed by atoms with Crippen molar-refractivity contribution >= 4 is 34.3 Å². The number of anilines is 1. The van der Waals surface area contributed by atoms with Crippen LogP contribution in [0.25, 0.3) is 11.3 Å². The predicted molar refractivity (Wildman–Crippen MR) is 111 cm³/mol. The number of thiazole rings is 1. The van der Waals surface area contributed by atoms with Gasteiger partial charge < -0.3 is 4.74 Å². The van der Waals surface area contributed by atoms with E-state index in [0.717, 1.165) is 47.2 Å². The van der Waals surface area contributed by atoms with E-state index in [9.17, 15) is 0 Å². The molecule has 1 aromatic heterocycles. The molecule has 2 aromatic carbocycles. The maximum atomic E-state index is 5.92. The smallest absolute Gasteiger partial charge is 0.203 e. The highest BCUT2D eigenvalue weighted by Gasteiger charge is 2.03. The van der Waals surface area contributed by atoms with Gasteiger partial charge in [-0.2, -0.15) is 5.10 Å². The molecule has 0 radical (unpaired) electrons. The molecular weight excluding hydrogens is 366 g/mol. The average Bonchev–Trinajstić information content (AvgIpc) is 3.12. The predicted octanol–water partition coefficient (Wildman–Crippen LogP) is 6.09. The van der Waals surface area contributed by atoms with Crippen molar-refractivity contribution in [3.8, 4) is 17.0 Å². The number of halogens is 1. The van der Waals surface area contributed by atoms with Crippen LogP contribution in [0.1, 0.15) is 25.3 Å². The molecule has 0 amide bonds. The fraction of sp³-hybridized carbons (Fsp3) is 0.200. The summed E-state index contributed by atoms with van der Waals surface area (Å²) in [5.41, 5.74) is 5.88. The Balaban J connectivity index is 1.59. The number of benzene rings is 2. The molecule has 3 rings (SSSR count). The SMILES string of the molecule is CCCCOc1cccc(/C=N\Nc2nc(-c3ccc(Cl)cc3)cs2)c1. The molecule has 4 nitrogen and oxygen atoms in total. The molecule has 0 aliphatic rings. The quantitative estimate of drug-likeness (QED) is 0.290. The van der Waals surface area contributed by atoms with Crippen molar-refractivity contribution in [3.63, 3.8) is 0 Å². The lowest BCUT2D eigenvalue weighted by Crippen LogP contribution is -1.97. The number of aromatic nitrogens is 1. The van der Waals surface area contributed by atoms with Crippen molar-refractivity contribution in [2.75, 3.05) is 12.0 Å². The zero-order valence-electron chi connectivity index (χ0n) is 14.5. The molecule has 0 aliphatic carbocycles. The summed E-state index contributed by atoms with van der Waals surface area (Å²) in [5.74, 6) is 0.863. The van der Waals surface area contributed by atoms with E-state index in [1.54, 1.807) is 6.21 Å². The average molecular weight is 386 g/mol. The first-order valence-corrected chi connectivity index (χ1v) is 9.74. The molecule has 1 heterocycles. The maximum absolute atomic E-state index is 5.92. The molecule has 0 unspecified atom stereocenters. The number of hydrazone groups is 1. The van der Waals surface area contributed by atoms with Crippen molar-refractivity contribution < 1.29 is 4.74 Å². The normalized spacial score (nSPS) is 11.0. The number of nitrogens with one attached hydrogen (secondary N) is 1. The summed E-state index contributed by atoms with van der Waals surface area (Å²) in [5, 5.41) is 7.71. The van der Waals surface area contributed by atoms with E-state index in [4.69, 9.17) is 16.3 Å². The third-order valence-corrected chi connectivity index (χ3v) is 4.64. The van der Waals surface area contributed by atoms with Crippen LogP contribution in [0.5, 0.6) is 5.75 Å². The van der Waals surface area contributed by atoms with Crippen LogP contribution in [0.2, 0.25) is 5.02 Å². The summed E-state index contributed by atoms with van der Waals surface area (Å²) in [6.45, 7) is 2.89. The van der Waals surface area contributed by atoms with Crippen LogP contribution in [-0.2, 0) is 0 Å². The summed E-state index contributed by atoms with van der Waals surface area (Å²) < 4.78 is 5.71. The molecule has 6 heteroatoms. The Labute approximate surface area is 162 Å². The number of hydrogen-bond donors (Lipinski definition) is 1. The van der Waals surface area contributed by atoms with Crippen LogP contribution >= 0.6 is 22.9 Å². The van der Waals surface area contributed by atoms with Gasteiger partial charge in [-0.05, 0) is 36.2 Å². The molecule has 26 heavy (non-hydrogen) atoms. The molecule has 134 valence electrons. The second-order valence-corrected chi connectivity index (χ2v) is 6.98. The van der Waals surface area contributed by atoms with Gasteiger partial charge in [-0.3, -0.25) is 5.43 Å². The molecule has 0 bridgehead atoms. The number of rotatable bonds is 8. The van der Waals surface area contributed by atoms with Gasteiger partial charge in [0.1, 0.15) is 5.75 Å². The zero-order chi connectivity index (χ0) is 18.2. The van der Waals surface area contributed by atoms with Crippen LogP contribution in [0.15, 0.2) is 59.0 Å². The van der Waals surface area contributed by atoms with Crippen LogP contribution in [-0.4, -0.2) is 17.8 Å². The zero-order valence-corrected chi connectivity index (χ0v) is 16.1. The van der Waals surface area contributed by atoms with Gasteiger partial charge in [0.25, 0.3) is 0 Å². The molecule has 0 saturated carbocycles. The van der Waals surface area contributed by atoms with Crippen LogP contribution < -0.4 is 10.2 Å². The van der Waals surface area contributed by atoms with E-state index in [0.29, 0.717) is 5.02 Å². The molecule has 1 N–H and O–H groups in total. The first-order chi connectivity index (χ1) is 12.7. The Bertz CT molecular complexity index is 862. The highest BCUT2D eigenvalue weighted by Crippen LogP contribution is 2.26. The number of nitrogens with zero attached hydrogens (tertiary/aromatic N) is 2. The number of ether oxygens (including phenoxy) is 1. The lowest BCUT2D eigenvalue weighted by atomic mass is 10.2. The fourth-order valence-electron chi connectivity index (χ4n) is 2.26. The minimum atomic E-state index is 0.716. The van der Waals surface area contributed by atoms with E-state index in [-0.39, 0.29) is 0 Å². The third-order valence-electron chi connectivity index (χ3n) is 3.64. The molecular formula is C20H20ClN3OS. The van der Waals surface area contributed by atoms with Crippen molar-refractivity contribution in [1.29, 1.82) is 0 Å². The summed E-state index contributed by atoms with van der Waals surface area (Å²) in [6.07, 6.45) is 3.94. The Morgan fingerprint density at radius 3 is 2.88 bits per heavy atom. The summed E-state index contributed by atoms with van der Waals surface area (Å²) in [4.78, 5) is 4.53. The summed E-state index contributed by atoms with van der Waals surface area (Å²) in [6, 6.07) is 15.5. The van der Waals surface area contributed by atoms with Crippen LogP contribution in [0, 0.1) is 0 Å². The molecule has 0 spiro atoms. The molecule has 0 aliphatic heterocycles. The highest BCUT2D eigenvalue weighted by atomic mass is 35.5. The number of hydrogen-bond acceptors (Lipinski definition) is 5. The Morgan fingerprint density at radius 1 is 1.23 bits per heavy atom. The van der Waals surface area contributed by atoms with E-state index < -0.39 is 0 Å². The minimum absolute atomic E-state index is 0.716. The van der Waals surface area contributed by atoms with E-state index in [1.807, 2.05) is 53.9 Å². The van der Waals surface area contributed by atoms with Gasteiger partial charge >= 0.3 is 0 Å². The van der Waals surface area contributed by atoms with Crippen molar-refractivity contribution in [2.24, 2.45) is 5.10 Å². The molecule has 0 atom stereocenters. The lowest BCUT2D eigenvalue weighted by molar-refractivity contribution is 0.309. The van der Waals surface area contributed by atoms with Gasteiger partial charge in [-0.15, -0.1) is 11.3 Å². The largest absolute Gasteiger partial charge is 0.494 e. The molecule has 3 aromatic rings. The monoisotopic (exact) mass is 385 g/mol. The van der Waals surface area contributed by atoms with Gasteiger partial charge in [0.15, 0.2) is 0 Å². The second-order valence-electron chi connectivity index (χ2n) is 5.69. The van der Waals surface area contributed by atoms with E-state index in [1.165, 1.54) is 11.3 Å². The first-order valence-electron chi connectivity index (χ1n) is 8.48. The van der Waals surface area contributed by atoms with E-state index in [2.05, 4.69) is 22.4 Å². The fourth-order valence-corrected chi connectivity index (χ4v) is 3.05. The van der Waals surface area contributed by atoms with Crippen LogP contribution in [0.3, 0.4) is 0 Å². The lowest BCUT2D eigenvalue weighted by Gasteiger charge is -2.05. The second kappa shape index (κ2) is 9.36. The summed E-state index contributed by atoms with van der Waals surface area (Å²) >= 11 is 7.43. The third kappa shape index (κ3) is 5.31. The number of unbranched alkanes of at least 4 members (excludes halogenated alkanes) is 1. The first kappa shape index (κ1) is 18.4. The Morgan fingerprint density at radius 2 is 2.08 bits per heavy atom. The van der Waals surface area contributed by atoms with Gasteiger partial charge in [0.2, 0.25) is 5.13 Å².